The van der Waals surface area contributed by atoms with Crippen LogP contribution in [0, 0.1) is 5.92 Å². The first-order valence-electron chi connectivity index (χ1n) is 11.3. The van der Waals surface area contributed by atoms with E-state index in [0.29, 0.717) is 22.9 Å². The highest BCUT2D eigenvalue weighted by molar-refractivity contribution is 7.15. The Morgan fingerprint density at radius 2 is 2.03 bits per heavy atom. The van der Waals surface area contributed by atoms with Crippen molar-refractivity contribution < 1.29 is 4.79 Å². The van der Waals surface area contributed by atoms with Crippen molar-refractivity contribution in [2.45, 2.75) is 57.4 Å². The van der Waals surface area contributed by atoms with E-state index in [-0.39, 0.29) is 18.4 Å². The third-order valence-electron chi connectivity index (χ3n) is 5.80. The van der Waals surface area contributed by atoms with Crippen LogP contribution in [-0.4, -0.2) is 49.5 Å². The average molecular weight is 496 g/mol. The summed E-state index contributed by atoms with van der Waals surface area (Å²) in [6, 6.07) is 5.76. The highest BCUT2D eigenvalue weighted by Gasteiger charge is 2.29. The Hall–Kier alpha value is -3.12. The Bertz CT molecular complexity index is 1190. The van der Waals surface area contributed by atoms with E-state index in [2.05, 4.69) is 52.9 Å². The highest BCUT2D eigenvalue weighted by atomic mass is 32.1. The fraction of sp³-hybridized carbons (Fsp3) is 0.455. The van der Waals surface area contributed by atoms with Gasteiger partial charge in [-0.25, -0.2) is 9.98 Å². The number of carbonyl (C=O) groups is 1. The quantitative estimate of drug-likeness (QED) is 0.511. The van der Waals surface area contributed by atoms with Crippen LogP contribution in [0.2, 0.25) is 0 Å². The molecule has 1 amide bonds. The molecule has 10 nitrogen and oxygen atoms in total. The summed E-state index contributed by atoms with van der Waals surface area (Å²) in [6.07, 6.45) is 8.75. The molecule has 3 aromatic rings. The molecule has 2 N–H and O–H groups in total. The topological polar surface area (TPSA) is 130 Å². The predicted octanol–water partition coefficient (Wildman–Crippen LogP) is 3.72. The number of aliphatic imine (C=N–C) groups is 2. The van der Waals surface area contributed by atoms with Gasteiger partial charge in [0.25, 0.3) is 0 Å². The predicted molar refractivity (Wildman–Crippen MR) is 134 cm³/mol. The summed E-state index contributed by atoms with van der Waals surface area (Å²) in [5.41, 5.74) is 0.728. The van der Waals surface area contributed by atoms with Crippen molar-refractivity contribution in [2.24, 2.45) is 15.9 Å². The monoisotopic (exact) mass is 495 g/mol. The van der Waals surface area contributed by atoms with Crippen LogP contribution in [0.5, 0.6) is 0 Å². The molecule has 4 heterocycles. The van der Waals surface area contributed by atoms with Crippen LogP contribution >= 0.6 is 22.7 Å². The number of nitrogens with zero attached hydrogens (tertiary/aromatic N) is 7. The molecule has 0 radical (unpaired) electrons. The van der Waals surface area contributed by atoms with E-state index in [1.165, 1.54) is 11.3 Å². The van der Waals surface area contributed by atoms with Gasteiger partial charge in [-0.3, -0.25) is 15.1 Å². The van der Waals surface area contributed by atoms with E-state index in [1.807, 2.05) is 24.4 Å². The summed E-state index contributed by atoms with van der Waals surface area (Å²) < 4.78 is 0. The standard InChI is InChI=1S/C22H25N9OS2/c1-13-7-9-24-20(25-13)27-22-31-29-19(34-22)15-6-5-14(10-15)11-18-28-30-21(33-18)26-17(32)12-16-4-2-3-8-23-16/h2-4,8-9,13-15H,5-7,10-12H2,1H3,(H,25,27,31)(H,26,30,32). The van der Waals surface area contributed by atoms with E-state index in [9.17, 15) is 4.79 Å². The minimum atomic E-state index is -0.137. The number of hydrogen-bond acceptors (Lipinski definition) is 11. The van der Waals surface area contributed by atoms with Crippen LogP contribution in [0.15, 0.2) is 34.4 Å². The molecule has 1 aliphatic carbocycles. The van der Waals surface area contributed by atoms with Gasteiger partial charge in [-0.05, 0) is 44.2 Å². The molecular formula is C22H25N9OS2. The smallest absolute Gasteiger partial charge is 0.232 e. The Labute approximate surface area is 205 Å². The molecule has 0 aromatic carbocycles. The molecule has 1 saturated carbocycles. The van der Waals surface area contributed by atoms with E-state index in [4.69, 9.17) is 0 Å². The third-order valence-corrected chi connectivity index (χ3v) is 7.66. The molecule has 3 aromatic heterocycles. The maximum absolute atomic E-state index is 12.2. The molecule has 2 aliphatic rings. The fourth-order valence-electron chi connectivity index (χ4n) is 4.15. The Morgan fingerprint density at radius 3 is 2.88 bits per heavy atom. The third kappa shape index (κ3) is 5.86. The zero-order valence-corrected chi connectivity index (χ0v) is 20.3. The molecule has 1 fully saturated rings. The maximum Gasteiger partial charge on any atom is 0.232 e. The normalized spacial score (nSPS) is 21.9. The van der Waals surface area contributed by atoms with Crippen molar-refractivity contribution in [3.8, 4) is 0 Å². The molecule has 3 atom stereocenters. The summed E-state index contributed by atoms with van der Waals surface area (Å²) in [6.45, 7) is 2.06. The molecule has 0 bridgehead atoms. The van der Waals surface area contributed by atoms with Crippen LogP contribution in [0.1, 0.15) is 54.2 Å². The summed E-state index contributed by atoms with van der Waals surface area (Å²) in [7, 11) is 0. The minimum absolute atomic E-state index is 0.137. The largest absolute Gasteiger partial charge is 0.300 e. The second kappa shape index (κ2) is 10.4. The van der Waals surface area contributed by atoms with Crippen LogP contribution in [0.25, 0.3) is 0 Å². The molecule has 3 unspecified atom stereocenters. The van der Waals surface area contributed by atoms with Crippen molar-refractivity contribution >= 4 is 51.0 Å². The molecule has 0 saturated heterocycles. The lowest BCUT2D eigenvalue weighted by Gasteiger charge is -2.10. The number of aromatic nitrogens is 5. The first-order chi connectivity index (χ1) is 16.6. The zero-order chi connectivity index (χ0) is 23.3. The van der Waals surface area contributed by atoms with E-state index >= 15 is 0 Å². The van der Waals surface area contributed by atoms with Crippen molar-refractivity contribution in [1.29, 1.82) is 0 Å². The van der Waals surface area contributed by atoms with Crippen molar-refractivity contribution in [3.63, 3.8) is 0 Å². The zero-order valence-electron chi connectivity index (χ0n) is 18.7. The fourth-order valence-corrected chi connectivity index (χ4v) is 5.90. The Kier molecular flexibility index (Phi) is 6.95. The second-order valence-corrected chi connectivity index (χ2v) is 10.6. The molecule has 176 valence electrons. The van der Waals surface area contributed by atoms with Crippen LogP contribution < -0.4 is 10.6 Å². The van der Waals surface area contributed by atoms with Gasteiger partial charge in [0.2, 0.25) is 22.1 Å². The summed E-state index contributed by atoms with van der Waals surface area (Å²) in [4.78, 5) is 25.2. The minimum Gasteiger partial charge on any atom is -0.300 e. The lowest BCUT2D eigenvalue weighted by Crippen LogP contribution is -2.17. The number of guanidine groups is 1. The second-order valence-electron chi connectivity index (χ2n) is 8.55. The number of anilines is 2. The van der Waals surface area contributed by atoms with Gasteiger partial charge < -0.3 is 5.32 Å². The number of hydrogen-bond donors (Lipinski definition) is 2. The van der Waals surface area contributed by atoms with Gasteiger partial charge >= 0.3 is 0 Å². The molecule has 34 heavy (non-hydrogen) atoms. The average Bonchev–Trinajstić information content (AvgIpc) is 3.57. The Balaban J connectivity index is 1.11. The van der Waals surface area contributed by atoms with Crippen molar-refractivity contribution in [3.05, 3.63) is 40.1 Å². The van der Waals surface area contributed by atoms with Gasteiger partial charge in [0, 0.05) is 36.9 Å². The summed E-state index contributed by atoms with van der Waals surface area (Å²) in [5, 5.41) is 26.4. The number of rotatable bonds is 7. The SMILES string of the molecule is CC1CC=NC(Nc2nnc(C3CCC(Cc4nnc(NC(=O)Cc5ccccn5)s4)C3)s2)=N1. The van der Waals surface area contributed by atoms with Gasteiger partial charge in [0.05, 0.1) is 12.5 Å². The molecule has 5 rings (SSSR count). The summed E-state index contributed by atoms with van der Waals surface area (Å²) >= 11 is 3.02. The van der Waals surface area contributed by atoms with Gasteiger partial charge in [-0.15, -0.1) is 20.4 Å². The number of pyridine rings is 1. The van der Waals surface area contributed by atoms with Crippen molar-refractivity contribution in [1.82, 2.24) is 25.4 Å². The van der Waals surface area contributed by atoms with Crippen molar-refractivity contribution in [2.75, 3.05) is 10.6 Å². The van der Waals surface area contributed by atoms with E-state index < -0.39 is 0 Å². The van der Waals surface area contributed by atoms with Gasteiger partial charge in [0.1, 0.15) is 10.0 Å². The van der Waals surface area contributed by atoms with E-state index in [1.54, 1.807) is 17.5 Å². The maximum atomic E-state index is 12.2. The first kappa shape index (κ1) is 22.7. The molecular weight excluding hydrogens is 470 g/mol. The van der Waals surface area contributed by atoms with Gasteiger partial charge in [-0.2, -0.15) is 0 Å². The lowest BCUT2D eigenvalue weighted by atomic mass is 10.0. The van der Waals surface area contributed by atoms with Gasteiger partial charge in [-0.1, -0.05) is 28.7 Å². The number of amides is 1. The summed E-state index contributed by atoms with van der Waals surface area (Å²) in [5.74, 6) is 1.38. The molecule has 1 aliphatic heterocycles. The molecule has 12 heteroatoms. The lowest BCUT2D eigenvalue weighted by molar-refractivity contribution is -0.115. The van der Waals surface area contributed by atoms with Crippen LogP contribution in [-0.2, 0) is 17.6 Å². The number of nitrogens with one attached hydrogen (secondary N) is 2. The van der Waals surface area contributed by atoms with Crippen LogP contribution in [0.3, 0.4) is 0 Å². The number of carbonyl (C=O) groups excluding carboxylic acids is 1. The Morgan fingerprint density at radius 1 is 1.12 bits per heavy atom. The van der Waals surface area contributed by atoms with Crippen LogP contribution in [0.4, 0.5) is 10.3 Å². The highest BCUT2D eigenvalue weighted by Crippen LogP contribution is 2.41. The first-order valence-corrected chi connectivity index (χ1v) is 13.0. The molecule has 0 spiro atoms. The van der Waals surface area contributed by atoms with E-state index in [0.717, 1.165) is 52.9 Å². The van der Waals surface area contributed by atoms with Gasteiger partial charge in [0.15, 0.2) is 0 Å².